The maximum atomic E-state index is 5.74. The van der Waals surface area contributed by atoms with Crippen LogP contribution in [-0.4, -0.2) is 32.0 Å². The molecule has 0 radical (unpaired) electrons. The van der Waals surface area contributed by atoms with Crippen molar-refractivity contribution in [3.8, 4) is 11.5 Å². The van der Waals surface area contributed by atoms with Crippen molar-refractivity contribution in [2.45, 2.75) is 51.3 Å². The van der Waals surface area contributed by atoms with Crippen LogP contribution in [0.2, 0.25) is 0 Å². The maximum Gasteiger partial charge on any atom is 0.161 e. The molecular weight excluding hydrogens is 266 g/mol. The molecule has 3 unspecified atom stereocenters. The quantitative estimate of drug-likeness (QED) is 0.925. The van der Waals surface area contributed by atoms with Crippen molar-refractivity contribution in [1.29, 1.82) is 0 Å². The van der Waals surface area contributed by atoms with E-state index in [1.54, 1.807) is 0 Å². The van der Waals surface area contributed by atoms with Gasteiger partial charge in [-0.15, -0.1) is 0 Å². The first kappa shape index (κ1) is 14.7. The Balaban J connectivity index is 1.63. The van der Waals surface area contributed by atoms with Crippen molar-refractivity contribution in [2.75, 3.05) is 19.8 Å². The molecule has 2 heterocycles. The van der Waals surface area contributed by atoms with Crippen LogP contribution in [0.25, 0.3) is 0 Å². The van der Waals surface area contributed by atoms with Gasteiger partial charge in [-0.1, -0.05) is 13.0 Å². The third kappa shape index (κ3) is 3.50. The monoisotopic (exact) mass is 291 g/mol. The Kier molecular flexibility index (Phi) is 4.66. The molecule has 4 nitrogen and oxygen atoms in total. The van der Waals surface area contributed by atoms with Crippen molar-refractivity contribution in [3.05, 3.63) is 23.8 Å². The molecule has 0 aromatic heterocycles. The van der Waals surface area contributed by atoms with E-state index in [1.165, 1.54) is 5.56 Å². The predicted octanol–water partition coefficient (Wildman–Crippen LogP) is 3.07. The number of ether oxygens (including phenoxy) is 3. The molecule has 1 aromatic rings. The normalized spacial score (nSPS) is 26.4. The zero-order valence-electron chi connectivity index (χ0n) is 12.9. The van der Waals surface area contributed by atoms with E-state index in [9.17, 15) is 0 Å². The average molecular weight is 291 g/mol. The number of hydrogen-bond acceptors (Lipinski definition) is 4. The summed E-state index contributed by atoms with van der Waals surface area (Å²) in [7, 11) is 0. The Morgan fingerprint density at radius 1 is 1.19 bits per heavy atom. The highest BCUT2D eigenvalue weighted by Crippen LogP contribution is 2.33. The summed E-state index contributed by atoms with van der Waals surface area (Å²) in [5.74, 6) is 1.72. The molecule has 1 aromatic carbocycles. The summed E-state index contributed by atoms with van der Waals surface area (Å²) in [4.78, 5) is 0. The fourth-order valence-corrected chi connectivity index (χ4v) is 3.10. The van der Waals surface area contributed by atoms with E-state index in [1.807, 2.05) is 6.07 Å². The van der Waals surface area contributed by atoms with E-state index >= 15 is 0 Å². The van der Waals surface area contributed by atoms with Gasteiger partial charge in [0, 0.05) is 18.7 Å². The maximum absolute atomic E-state index is 5.74. The SMILES string of the molecule is CCC1CC(NC(C)c2ccc3c(c2)OCCO3)CCO1. The molecular formula is C17H25NO3. The van der Waals surface area contributed by atoms with Crippen molar-refractivity contribution in [1.82, 2.24) is 5.32 Å². The molecule has 3 atom stereocenters. The Morgan fingerprint density at radius 3 is 2.81 bits per heavy atom. The van der Waals surface area contributed by atoms with Gasteiger partial charge in [0.25, 0.3) is 0 Å². The van der Waals surface area contributed by atoms with Crippen LogP contribution < -0.4 is 14.8 Å². The first-order valence-corrected chi connectivity index (χ1v) is 8.03. The second kappa shape index (κ2) is 6.67. The van der Waals surface area contributed by atoms with E-state index in [4.69, 9.17) is 14.2 Å². The van der Waals surface area contributed by atoms with Crippen molar-refractivity contribution in [2.24, 2.45) is 0 Å². The highest BCUT2D eigenvalue weighted by atomic mass is 16.6. The van der Waals surface area contributed by atoms with Gasteiger partial charge in [-0.2, -0.15) is 0 Å². The minimum Gasteiger partial charge on any atom is -0.486 e. The lowest BCUT2D eigenvalue weighted by molar-refractivity contribution is -0.00166. The smallest absolute Gasteiger partial charge is 0.161 e. The standard InChI is InChI=1S/C17H25NO3/c1-3-15-11-14(6-7-19-15)18-12(2)13-4-5-16-17(10-13)21-9-8-20-16/h4-5,10,12,14-15,18H,3,6-9,11H2,1-2H3. The van der Waals surface area contributed by atoms with Crippen molar-refractivity contribution < 1.29 is 14.2 Å². The topological polar surface area (TPSA) is 39.7 Å². The molecule has 1 fully saturated rings. The predicted molar refractivity (Wildman–Crippen MR) is 82.0 cm³/mol. The zero-order chi connectivity index (χ0) is 14.7. The number of fused-ring (bicyclic) bond motifs is 1. The van der Waals surface area contributed by atoms with Crippen LogP contribution in [0.3, 0.4) is 0 Å². The Labute approximate surface area is 126 Å². The van der Waals surface area contributed by atoms with E-state index in [2.05, 4.69) is 31.3 Å². The third-order valence-corrected chi connectivity index (χ3v) is 4.37. The van der Waals surface area contributed by atoms with Crippen LogP contribution in [0.4, 0.5) is 0 Å². The van der Waals surface area contributed by atoms with E-state index < -0.39 is 0 Å². The van der Waals surface area contributed by atoms with Gasteiger partial charge >= 0.3 is 0 Å². The summed E-state index contributed by atoms with van der Waals surface area (Å²) in [6, 6.07) is 7.08. The first-order valence-electron chi connectivity index (χ1n) is 8.03. The molecule has 1 N–H and O–H groups in total. The Bertz CT molecular complexity index is 477. The second-order valence-electron chi connectivity index (χ2n) is 5.91. The molecule has 0 spiro atoms. The number of benzene rings is 1. The van der Waals surface area contributed by atoms with Crippen LogP contribution in [0.15, 0.2) is 18.2 Å². The summed E-state index contributed by atoms with van der Waals surface area (Å²) in [5.41, 5.74) is 1.25. The summed E-state index contributed by atoms with van der Waals surface area (Å²) in [6.07, 6.45) is 3.69. The fraction of sp³-hybridized carbons (Fsp3) is 0.647. The van der Waals surface area contributed by atoms with Gasteiger partial charge in [-0.3, -0.25) is 0 Å². The van der Waals surface area contributed by atoms with E-state index in [0.717, 1.165) is 37.4 Å². The second-order valence-corrected chi connectivity index (χ2v) is 5.91. The van der Waals surface area contributed by atoms with E-state index in [0.29, 0.717) is 31.4 Å². The molecule has 0 amide bonds. The molecule has 21 heavy (non-hydrogen) atoms. The number of hydrogen-bond donors (Lipinski definition) is 1. The van der Waals surface area contributed by atoms with Crippen LogP contribution in [-0.2, 0) is 4.74 Å². The van der Waals surface area contributed by atoms with Gasteiger partial charge in [0.05, 0.1) is 6.10 Å². The molecule has 1 saturated heterocycles. The lowest BCUT2D eigenvalue weighted by Crippen LogP contribution is -2.40. The van der Waals surface area contributed by atoms with Crippen LogP contribution in [0.5, 0.6) is 11.5 Å². The molecule has 3 rings (SSSR count). The largest absolute Gasteiger partial charge is 0.486 e. The zero-order valence-corrected chi connectivity index (χ0v) is 12.9. The van der Waals surface area contributed by atoms with Crippen LogP contribution in [0.1, 0.15) is 44.7 Å². The Hall–Kier alpha value is -1.26. The van der Waals surface area contributed by atoms with Gasteiger partial charge in [-0.25, -0.2) is 0 Å². The highest BCUT2D eigenvalue weighted by Gasteiger charge is 2.23. The molecule has 2 aliphatic heterocycles. The summed E-state index contributed by atoms with van der Waals surface area (Å²) in [6.45, 7) is 6.54. The van der Waals surface area contributed by atoms with Gasteiger partial charge in [-0.05, 0) is 43.9 Å². The molecule has 0 saturated carbocycles. The first-order chi connectivity index (χ1) is 10.3. The minimum absolute atomic E-state index is 0.307. The molecule has 0 bridgehead atoms. The molecule has 116 valence electrons. The van der Waals surface area contributed by atoms with Gasteiger partial charge in [0.2, 0.25) is 0 Å². The van der Waals surface area contributed by atoms with Crippen molar-refractivity contribution in [3.63, 3.8) is 0 Å². The minimum atomic E-state index is 0.307. The molecule has 2 aliphatic rings. The molecule has 0 aliphatic carbocycles. The lowest BCUT2D eigenvalue weighted by Gasteiger charge is -2.32. The third-order valence-electron chi connectivity index (χ3n) is 4.37. The summed E-state index contributed by atoms with van der Waals surface area (Å²) in [5, 5.41) is 3.73. The number of nitrogens with one attached hydrogen (secondary N) is 1. The van der Waals surface area contributed by atoms with Crippen LogP contribution >= 0.6 is 0 Å². The lowest BCUT2D eigenvalue weighted by atomic mass is 9.99. The van der Waals surface area contributed by atoms with Gasteiger partial charge < -0.3 is 19.5 Å². The van der Waals surface area contributed by atoms with Crippen LogP contribution in [0, 0.1) is 0 Å². The Morgan fingerprint density at radius 2 is 2.00 bits per heavy atom. The average Bonchev–Trinajstić information content (AvgIpc) is 2.54. The molecule has 4 heteroatoms. The van der Waals surface area contributed by atoms with Gasteiger partial charge in [0.15, 0.2) is 11.5 Å². The van der Waals surface area contributed by atoms with Crippen molar-refractivity contribution >= 4 is 0 Å². The highest BCUT2D eigenvalue weighted by molar-refractivity contribution is 5.44. The number of rotatable bonds is 4. The summed E-state index contributed by atoms with van der Waals surface area (Å²) >= 11 is 0. The van der Waals surface area contributed by atoms with Gasteiger partial charge in [0.1, 0.15) is 13.2 Å². The van der Waals surface area contributed by atoms with E-state index in [-0.39, 0.29) is 0 Å². The summed E-state index contributed by atoms with van der Waals surface area (Å²) < 4.78 is 17.0. The fourth-order valence-electron chi connectivity index (χ4n) is 3.10.